The van der Waals surface area contributed by atoms with Gasteiger partial charge in [-0.1, -0.05) is 31.2 Å². The highest BCUT2D eigenvalue weighted by Crippen LogP contribution is 2.24. The quantitative estimate of drug-likeness (QED) is 0.665. The van der Waals surface area contributed by atoms with Crippen LogP contribution in [0.15, 0.2) is 24.3 Å². The van der Waals surface area contributed by atoms with E-state index in [1.165, 1.54) is 0 Å². The first-order valence-corrected chi connectivity index (χ1v) is 5.34. The van der Waals surface area contributed by atoms with Gasteiger partial charge in [0.2, 0.25) is 0 Å². The third kappa shape index (κ3) is 3.28. The largest absolute Gasteiger partial charge is 0.364 e. The van der Waals surface area contributed by atoms with E-state index < -0.39 is 12.6 Å². The zero-order valence-corrected chi connectivity index (χ0v) is 9.50. The Balaban J connectivity index is 2.85. The van der Waals surface area contributed by atoms with Gasteiger partial charge in [-0.15, -0.1) is 0 Å². The summed E-state index contributed by atoms with van der Waals surface area (Å²) in [5.41, 5.74) is 0.649. The van der Waals surface area contributed by atoms with E-state index in [1.54, 1.807) is 24.3 Å². The lowest BCUT2D eigenvalue weighted by molar-refractivity contribution is -0.138. The van der Waals surface area contributed by atoms with Crippen LogP contribution in [0.4, 0.5) is 0 Å². The molecule has 3 N–H and O–H groups in total. The predicted octanol–water partition coefficient (Wildman–Crippen LogP) is 1.48. The van der Waals surface area contributed by atoms with E-state index in [4.69, 9.17) is 14.9 Å². The van der Waals surface area contributed by atoms with Gasteiger partial charge in [0.25, 0.3) is 0 Å². The van der Waals surface area contributed by atoms with Crippen LogP contribution in [0.5, 0.6) is 0 Å². The first-order chi connectivity index (χ1) is 7.56. The van der Waals surface area contributed by atoms with Crippen LogP contribution in [0.1, 0.15) is 44.0 Å². The lowest BCUT2D eigenvalue weighted by Gasteiger charge is -2.20. The Morgan fingerprint density at radius 3 is 2.19 bits per heavy atom. The standard InChI is InChI=1S/C12H18O4/c1-3-8(2)16-12(15)10-7-5-4-6-9(10)11(13)14/h4-8,11-15H,3H2,1-2H3. The molecule has 0 aliphatic rings. The molecule has 0 aliphatic heterocycles. The minimum Gasteiger partial charge on any atom is -0.364 e. The van der Waals surface area contributed by atoms with E-state index in [1.807, 2.05) is 13.8 Å². The van der Waals surface area contributed by atoms with Gasteiger partial charge in [0.15, 0.2) is 12.6 Å². The van der Waals surface area contributed by atoms with Gasteiger partial charge in [0.05, 0.1) is 6.10 Å². The first kappa shape index (κ1) is 13.1. The number of hydrogen-bond acceptors (Lipinski definition) is 4. The van der Waals surface area contributed by atoms with Crippen LogP contribution in [0.2, 0.25) is 0 Å². The molecule has 0 heterocycles. The summed E-state index contributed by atoms with van der Waals surface area (Å²) in [4.78, 5) is 0. The van der Waals surface area contributed by atoms with Crippen molar-refractivity contribution in [3.05, 3.63) is 35.4 Å². The average Bonchev–Trinajstić information content (AvgIpc) is 2.28. The van der Waals surface area contributed by atoms with Gasteiger partial charge in [0.1, 0.15) is 0 Å². The maximum Gasteiger partial charge on any atom is 0.181 e. The number of hydrogen-bond donors (Lipinski definition) is 3. The second-order valence-electron chi connectivity index (χ2n) is 3.71. The van der Waals surface area contributed by atoms with Crippen molar-refractivity contribution in [1.82, 2.24) is 0 Å². The Labute approximate surface area is 95.1 Å². The minimum atomic E-state index is -1.61. The van der Waals surface area contributed by atoms with E-state index >= 15 is 0 Å². The summed E-state index contributed by atoms with van der Waals surface area (Å²) in [6.07, 6.45) is -2.04. The SMILES string of the molecule is CCC(C)OC(O)c1ccccc1C(O)O. The number of aliphatic hydroxyl groups excluding tert-OH is 2. The van der Waals surface area contributed by atoms with Gasteiger partial charge in [-0.25, -0.2) is 0 Å². The predicted molar refractivity (Wildman–Crippen MR) is 59.4 cm³/mol. The zero-order valence-electron chi connectivity index (χ0n) is 9.50. The van der Waals surface area contributed by atoms with E-state index in [0.717, 1.165) is 6.42 Å². The third-order valence-electron chi connectivity index (χ3n) is 2.48. The fourth-order valence-corrected chi connectivity index (χ4v) is 1.36. The van der Waals surface area contributed by atoms with Crippen LogP contribution in [0, 0.1) is 0 Å². The number of benzene rings is 1. The molecule has 90 valence electrons. The van der Waals surface area contributed by atoms with Crippen LogP contribution in [-0.2, 0) is 4.74 Å². The topological polar surface area (TPSA) is 69.9 Å². The van der Waals surface area contributed by atoms with Gasteiger partial charge >= 0.3 is 0 Å². The van der Waals surface area contributed by atoms with Crippen molar-refractivity contribution in [2.75, 3.05) is 0 Å². The summed E-state index contributed by atoms with van der Waals surface area (Å²) >= 11 is 0. The highest BCUT2D eigenvalue weighted by molar-refractivity contribution is 5.28. The minimum absolute atomic E-state index is 0.0844. The van der Waals surface area contributed by atoms with Gasteiger partial charge in [-0.3, -0.25) is 0 Å². The molecule has 2 atom stereocenters. The maximum absolute atomic E-state index is 9.81. The van der Waals surface area contributed by atoms with Crippen LogP contribution < -0.4 is 0 Å². The van der Waals surface area contributed by atoms with Crippen LogP contribution in [-0.4, -0.2) is 21.4 Å². The highest BCUT2D eigenvalue weighted by atomic mass is 16.6. The van der Waals surface area contributed by atoms with Crippen LogP contribution in [0.25, 0.3) is 0 Å². The van der Waals surface area contributed by atoms with Gasteiger partial charge in [-0.05, 0) is 13.3 Å². The summed E-state index contributed by atoms with van der Waals surface area (Å²) in [6, 6.07) is 6.55. The fraction of sp³-hybridized carbons (Fsp3) is 0.500. The zero-order chi connectivity index (χ0) is 12.1. The average molecular weight is 226 g/mol. The maximum atomic E-state index is 9.81. The molecule has 0 aromatic heterocycles. The molecular formula is C12H18O4. The summed E-state index contributed by atoms with van der Waals surface area (Å²) in [5, 5.41) is 28.1. The summed E-state index contributed by atoms with van der Waals surface area (Å²) < 4.78 is 5.31. The number of rotatable bonds is 5. The first-order valence-electron chi connectivity index (χ1n) is 5.34. The second kappa shape index (κ2) is 5.96. The smallest absolute Gasteiger partial charge is 0.181 e. The molecule has 1 rings (SSSR count). The molecule has 2 unspecified atom stereocenters. The molecule has 0 saturated carbocycles. The second-order valence-corrected chi connectivity index (χ2v) is 3.71. The van der Waals surface area contributed by atoms with Crippen molar-refractivity contribution >= 4 is 0 Å². The van der Waals surface area contributed by atoms with Gasteiger partial charge in [0, 0.05) is 11.1 Å². The lowest BCUT2D eigenvalue weighted by Crippen LogP contribution is -2.14. The molecule has 1 aromatic rings. The summed E-state index contributed by atoms with van der Waals surface area (Å²) in [5.74, 6) is 0. The Kier molecular flexibility index (Phi) is 4.89. The van der Waals surface area contributed by atoms with E-state index in [-0.39, 0.29) is 11.7 Å². The van der Waals surface area contributed by atoms with Crippen molar-refractivity contribution in [2.24, 2.45) is 0 Å². The molecule has 1 aromatic carbocycles. The molecule has 0 fully saturated rings. The van der Waals surface area contributed by atoms with Gasteiger partial charge < -0.3 is 20.1 Å². The fourth-order valence-electron chi connectivity index (χ4n) is 1.36. The Hall–Kier alpha value is -0.940. The van der Waals surface area contributed by atoms with Crippen molar-refractivity contribution < 1.29 is 20.1 Å². The Bertz CT molecular complexity index is 325. The van der Waals surface area contributed by atoms with Crippen LogP contribution in [0.3, 0.4) is 0 Å². The molecule has 0 bridgehead atoms. The normalized spacial score (nSPS) is 15.1. The third-order valence-corrected chi connectivity index (χ3v) is 2.48. The molecule has 0 saturated heterocycles. The molecule has 0 aliphatic carbocycles. The highest BCUT2D eigenvalue weighted by Gasteiger charge is 2.17. The molecule has 0 amide bonds. The van der Waals surface area contributed by atoms with Crippen LogP contribution >= 0.6 is 0 Å². The van der Waals surface area contributed by atoms with Crippen molar-refractivity contribution in [1.29, 1.82) is 0 Å². The Morgan fingerprint density at radius 2 is 1.69 bits per heavy atom. The van der Waals surface area contributed by atoms with E-state index in [2.05, 4.69) is 0 Å². The van der Waals surface area contributed by atoms with Crippen molar-refractivity contribution in [3.63, 3.8) is 0 Å². The summed E-state index contributed by atoms with van der Waals surface area (Å²) in [6.45, 7) is 3.80. The lowest BCUT2D eigenvalue weighted by atomic mass is 10.1. The van der Waals surface area contributed by atoms with E-state index in [9.17, 15) is 5.11 Å². The van der Waals surface area contributed by atoms with Crippen molar-refractivity contribution in [2.45, 2.75) is 39.0 Å². The van der Waals surface area contributed by atoms with Gasteiger partial charge in [-0.2, -0.15) is 0 Å². The molecular weight excluding hydrogens is 208 g/mol. The molecule has 16 heavy (non-hydrogen) atoms. The number of aliphatic hydroxyl groups is 3. The monoisotopic (exact) mass is 226 g/mol. The number of ether oxygens (including phenoxy) is 1. The Morgan fingerprint density at radius 1 is 1.12 bits per heavy atom. The summed E-state index contributed by atoms with van der Waals surface area (Å²) in [7, 11) is 0. The molecule has 4 heteroatoms. The van der Waals surface area contributed by atoms with Crippen molar-refractivity contribution in [3.8, 4) is 0 Å². The van der Waals surface area contributed by atoms with E-state index in [0.29, 0.717) is 5.56 Å². The molecule has 4 nitrogen and oxygen atoms in total. The molecule has 0 radical (unpaired) electrons. The molecule has 0 spiro atoms.